The van der Waals surface area contributed by atoms with Gasteiger partial charge in [-0.15, -0.1) is 0 Å². The van der Waals surface area contributed by atoms with Crippen LogP contribution >= 0.6 is 15.9 Å². The van der Waals surface area contributed by atoms with Crippen LogP contribution in [0.2, 0.25) is 0 Å². The molecular formula is C10H15BrN4O. The Hall–Kier alpha value is -1.17. The number of nitrogens with one attached hydrogen (secondary N) is 2. The topological polar surface area (TPSA) is 66.9 Å². The van der Waals surface area contributed by atoms with Crippen molar-refractivity contribution in [3.05, 3.63) is 16.5 Å². The molecule has 0 aliphatic rings. The van der Waals surface area contributed by atoms with Crippen LogP contribution < -0.4 is 10.6 Å². The number of nitrogens with zero attached hydrogens (tertiary/aromatic N) is 2. The van der Waals surface area contributed by atoms with E-state index < -0.39 is 0 Å². The van der Waals surface area contributed by atoms with Gasteiger partial charge in [-0.3, -0.25) is 4.79 Å². The van der Waals surface area contributed by atoms with Crippen LogP contribution in [-0.4, -0.2) is 28.5 Å². The Balaban J connectivity index is 2.51. The van der Waals surface area contributed by atoms with Gasteiger partial charge in [0.2, 0.25) is 5.91 Å². The maximum absolute atomic E-state index is 11.4. The van der Waals surface area contributed by atoms with Gasteiger partial charge in [0.1, 0.15) is 16.2 Å². The second-order valence-electron chi connectivity index (χ2n) is 3.70. The van der Waals surface area contributed by atoms with Crippen molar-refractivity contribution in [3.8, 4) is 0 Å². The molecule has 1 aromatic rings. The lowest BCUT2D eigenvalue weighted by atomic mass is 10.4. The molecule has 0 atom stereocenters. The number of anilines is 1. The molecule has 0 aliphatic carbocycles. The van der Waals surface area contributed by atoms with Gasteiger partial charge in [0, 0.05) is 12.1 Å². The second kappa shape index (κ2) is 5.79. The molecule has 0 saturated carbocycles. The van der Waals surface area contributed by atoms with Gasteiger partial charge in [0.25, 0.3) is 0 Å². The highest BCUT2D eigenvalue weighted by atomic mass is 79.9. The minimum Gasteiger partial charge on any atom is -0.361 e. The van der Waals surface area contributed by atoms with Gasteiger partial charge in [-0.05, 0) is 36.7 Å². The van der Waals surface area contributed by atoms with Gasteiger partial charge >= 0.3 is 0 Å². The average molecular weight is 287 g/mol. The van der Waals surface area contributed by atoms with E-state index in [4.69, 9.17) is 0 Å². The number of aryl methyl sites for hydroxylation is 1. The summed E-state index contributed by atoms with van der Waals surface area (Å²) in [6, 6.07) is 1.88. The highest BCUT2D eigenvalue weighted by Gasteiger charge is 2.04. The molecule has 0 fully saturated rings. The molecule has 2 N–H and O–H groups in total. The molecule has 0 radical (unpaired) electrons. The van der Waals surface area contributed by atoms with E-state index in [1.165, 1.54) is 0 Å². The standard InChI is InChI=1S/C10H15BrN4O/c1-6(2)13-10(16)5-12-9-4-8(11)14-7(3)15-9/h4,6H,5H2,1-3H3,(H,13,16)(H,12,14,15). The molecule has 1 heterocycles. The van der Waals surface area contributed by atoms with E-state index in [0.717, 1.165) is 0 Å². The van der Waals surface area contributed by atoms with Crippen molar-refractivity contribution in [1.29, 1.82) is 0 Å². The molecule has 1 aromatic heterocycles. The zero-order valence-corrected chi connectivity index (χ0v) is 11.1. The Labute approximate surface area is 103 Å². The lowest BCUT2D eigenvalue weighted by molar-refractivity contribution is -0.119. The first-order chi connectivity index (χ1) is 7.47. The predicted molar refractivity (Wildman–Crippen MR) is 66.2 cm³/mol. The third-order valence-electron chi connectivity index (χ3n) is 1.69. The molecule has 88 valence electrons. The summed E-state index contributed by atoms with van der Waals surface area (Å²) < 4.78 is 0.701. The van der Waals surface area contributed by atoms with E-state index in [0.29, 0.717) is 16.2 Å². The minimum absolute atomic E-state index is 0.0533. The second-order valence-corrected chi connectivity index (χ2v) is 4.51. The van der Waals surface area contributed by atoms with E-state index in [-0.39, 0.29) is 18.5 Å². The number of hydrogen-bond donors (Lipinski definition) is 2. The van der Waals surface area contributed by atoms with Gasteiger partial charge in [0.15, 0.2) is 0 Å². The lowest BCUT2D eigenvalue weighted by Gasteiger charge is -2.09. The van der Waals surface area contributed by atoms with E-state index in [1.807, 2.05) is 13.8 Å². The largest absolute Gasteiger partial charge is 0.361 e. The lowest BCUT2D eigenvalue weighted by Crippen LogP contribution is -2.35. The van der Waals surface area contributed by atoms with Crippen molar-refractivity contribution < 1.29 is 4.79 Å². The maximum atomic E-state index is 11.4. The molecule has 1 amide bonds. The van der Waals surface area contributed by atoms with Crippen LogP contribution in [0, 0.1) is 6.92 Å². The maximum Gasteiger partial charge on any atom is 0.239 e. The fourth-order valence-corrected chi connectivity index (χ4v) is 1.64. The Morgan fingerprint density at radius 1 is 1.50 bits per heavy atom. The monoisotopic (exact) mass is 286 g/mol. The van der Waals surface area contributed by atoms with Gasteiger partial charge in [-0.25, -0.2) is 9.97 Å². The first-order valence-corrected chi connectivity index (χ1v) is 5.81. The number of carbonyl (C=O) groups is 1. The van der Waals surface area contributed by atoms with Crippen LogP contribution in [0.15, 0.2) is 10.7 Å². The van der Waals surface area contributed by atoms with E-state index in [2.05, 4.69) is 36.5 Å². The van der Waals surface area contributed by atoms with Crippen molar-refractivity contribution in [1.82, 2.24) is 15.3 Å². The number of hydrogen-bond acceptors (Lipinski definition) is 4. The molecule has 0 unspecified atom stereocenters. The number of carbonyl (C=O) groups excluding carboxylic acids is 1. The number of aromatic nitrogens is 2. The van der Waals surface area contributed by atoms with Crippen LogP contribution in [0.5, 0.6) is 0 Å². The summed E-state index contributed by atoms with van der Waals surface area (Å²) in [5.41, 5.74) is 0. The summed E-state index contributed by atoms with van der Waals surface area (Å²) >= 11 is 3.27. The molecule has 0 saturated heterocycles. The SMILES string of the molecule is Cc1nc(Br)cc(NCC(=O)NC(C)C)n1. The quantitative estimate of drug-likeness (QED) is 0.823. The molecule has 0 aromatic carbocycles. The molecular weight excluding hydrogens is 272 g/mol. The van der Waals surface area contributed by atoms with Gasteiger partial charge < -0.3 is 10.6 Å². The number of rotatable bonds is 4. The fraction of sp³-hybridized carbons (Fsp3) is 0.500. The van der Waals surface area contributed by atoms with Crippen molar-refractivity contribution in [3.63, 3.8) is 0 Å². The highest BCUT2D eigenvalue weighted by Crippen LogP contribution is 2.11. The molecule has 16 heavy (non-hydrogen) atoms. The summed E-state index contributed by atoms with van der Waals surface area (Å²) in [6.45, 7) is 5.85. The normalized spacial score (nSPS) is 10.3. The smallest absolute Gasteiger partial charge is 0.239 e. The predicted octanol–water partition coefficient (Wildman–Crippen LogP) is 1.48. The molecule has 6 heteroatoms. The van der Waals surface area contributed by atoms with E-state index >= 15 is 0 Å². The van der Waals surface area contributed by atoms with Gasteiger partial charge in [-0.2, -0.15) is 0 Å². The third-order valence-corrected chi connectivity index (χ3v) is 2.09. The van der Waals surface area contributed by atoms with Crippen LogP contribution in [0.3, 0.4) is 0 Å². The van der Waals surface area contributed by atoms with Crippen LogP contribution in [0.4, 0.5) is 5.82 Å². The number of amides is 1. The molecule has 0 aliphatic heterocycles. The zero-order valence-electron chi connectivity index (χ0n) is 9.54. The highest BCUT2D eigenvalue weighted by molar-refractivity contribution is 9.10. The van der Waals surface area contributed by atoms with Crippen molar-refractivity contribution >= 4 is 27.7 Å². The zero-order chi connectivity index (χ0) is 12.1. The van der Waals surface area contributed by atoms with Gasteiger partial charge in [0.05, 0.1) is 6.54 Å². The van der Waals surface area contributed by atoms with E-state index in [9.17, 15) is 4.79 Å². The molecule has 5 nitrogen and oxygen atoms in total. The first-order valence-electron chi connectivity index (χ1n) is 5.02. The minimum atomic E-state index is -0.0533. The van der Waals surface area contributed by atoms with E-state index in [1.54, 1.807) is 13.0 Å². The Kier molecular flexibility index (Phi) is 4.67. The fourth-order valence-electron chi connectivity index (χ4n) is 1.17. The van der Waals surface area contributed by atoms with Crippen molar-refractivity contribution in [2.24, 2.45) is 0 Å². The summed E-state index contributed by atoms with van der Waals surface area (Å²) in [5, 5.41) is 5.72. The van der Waals surface area contributed by atoms with Crippen LogP contribution in [-0.2, 0) is 4.79 Å². The Morgan fingerprint density at radius 2 is 2.19 bits per heavy atom. The number of halogens is 1. The third kappa shape index (κ3) is 4.57. The Morgan fingerprint density at radius 3 is 2.75 bits per heavy atom. The van der Waals surface area contributed by atoms with Crippen molar-refractivity contribution in [2.45, 2.75) is 26.8 Å². The summed E-state index contributed by atoms with van der Waals surface area (Å²) in [6.07, 6.45) is 0. The molecule has 0 spiro atoms. The van der Waals surface area contributed by atoms with Gasteiger partial charge in [-0.1, -0.05) is 0 Å². The summed E-state index contributed by atoms with van der Waals surface area (Å²) in [5.74, 6) is 1.24. The average Bonchev–Trinajstić information content (AvgIpc) is 2.12. The molecule has 1 rings (SSSR count). The molecule has 0 bridgehead atoms. The first kappa shape index (κ1) is 12.9. The van der Waals surface area contributed by atoms with Crippen LogP contribution in [0.1, 0.15) is 19.7 Å². The summed E-state index contributed by atoms with van der Waals surface area (Å²) in [7, 11) is 0. The summed E-state index contributed by atoms with van der Waals surface area (Å²) in [4.78, 5) is 19.6. The van der Waals surface area contributed by atoms with Crippen molar-refractivity contribution in [2.75, 3.05) is 11.9 Å². The van der Waals surface area contributed by atoms with Crippen LogP contribution in [0.25, 0.3) is 0 Å². The Bertz CT molecular complexity index is 361.